The van der Waals surface area contributed by atoms with Crippen molar-refractivity contribution < 1.29 is 4.79 Å². The van der Waals surface area contributed by atoms with Gasteiger partial charge in [0, 0.05) is 6.04 Å². The number of carbonyl (C=O) groups is 1. The molecule has 14 heavy (non-hydrogen) atoms. The standard InChI is InChI=1S/C11H22N2O/c1-3-12-8-11(14)13-9(2)10-6-4-5-7-10/h9-10,12H,3-8H2,1-2H3,(H,13,14)/t9-/m0/s1. The van der Waals surface area contributed by atoms with Gasteiger partial charge in [0.05, 0.1) is 6.54 Å². The van der Waals surface area contributed by atoms with Gasteiger partial charge in [0.2, 0.25) is 5.91 Å². The Labute approximate surface area is 86.6 Å². The number of nitrogens with one attached hydrogen (secondary N) is 2. The molecule has 1 aliphatic rings. The number of hydrogen-bond donors (Lipinski definition) is 2. The van der Waals surface area contributed by atoms with Gasteiger partial charge in [0.25, 0.3) is 0 Å². The van der Waals surface area contributed by atoms with Crippen LogP contribution in [0.15, 0.2) is 0 Å². The quantitative estimate of drug-likeness (QED) is 0.699. The Morgan fingerprint density at radius 2 is 2.07 bits per heavy atom. The molecule has 0 bridgehead atoms. The first-order chi connectivity index (χ1) is 6.74. The minimum atomic E-state index is 0.131. The third-order valence-electron chi connectivity index (χ3n) is 3.03. The lowest BCUT2D eigenvalue weighted by Gasteiger charge is -2.20. The van der Waals surface area contributed by atoms with Crippen LogP contribution < -0.4 is 10.6 Å². The van der Waals surface area contributed by atoms with Crippen LogP contribution in [-0.2, 0) is 4.79 Å². The van der Waals surface area contributed by atoms with Crippen LogP contribution in [0.5, 0.6) is 0 Å². The Bertz CT molecular complexity index is 176. The first-order valence-electron chi connectivity index (χ1n) is 5.74. The maximum atomic E-state index is 11.4. The second kappa shape index (κ2) is 6.02. The molecular formula is C11H22N2O. The summed E-state index contributed by atoms with van der Waals surface area (Å²) >= 11 is 0. The lowest BCUT2D eigenvalue weighted by Crippen LogP contribution is -2.41. The minimum absolute atomic E-state index is 0.131. The van der Waals surface area contributed by atoms with Gasteiger partial charge in [-0.1, -0.05) is 19.8 Å². The van der Waals surface area contributed by atoms with Crippen LogP contribution >= 0.6 is 0 Å². The predicted molar refractivity (Wildman–Crippen MR) is 58.1 cm³/mol. The topological polar surface area (TPSA) is 41.1 Å². The van der Waals surface area contributed by atoms with Gasteiger partial charge in [-0.25, -0.2) is 0 Å². The van der Waals surface area contributed by atoms with Gasteiger partial charge >= 0.3 is 0 Å². The Kier molecular flexibility index (Phi) is 4.94. The zero-order chi connectivity index (χ0) is 10.4. The van der Waals surface area contributed by atoms with Crippen molar-refractivity contribution in [3.8, 4) is 0 Å². The average Bonchev–Trinajstić information content (AvgIpc) is 2.67. The van der Waals surface area contributed by atoms with Crippen molar-refractivity contribution in [1.82, 2.24) is 10.6 Å². The second-order valence-corrected chi connectivity index (χ2v) is 4.18. The van der Waals surface area contributed by atoms with Crippen molar-refractivity contribution in [2.24, 2.45) is 5.92 Å². The van der Waals surface area contributed by atoms with Crippen LogP contribution in [0.1, 0.15) is 39.5 Å². The van der Waals surface area contributed by atoms with E-state index in [4.69, 9.17) is 0 Å². The van der Waals surface area contributed by atoms with Gasteiger partial charge in [-0.05, 0) is 32.2 Å². The first kappa shape index (κ1) is 11.5. The summed E-state index contributed by atoms with van der Waals surface area (Å²) in [4.78, 5) is 11.4. The Morgan fingerprint density at radius 1 is 1.43 bits per heavy atom. The third-order valence-corrected chi connectivity index (χ3v) is 3.03. The molecular weight excluding hydrogens is 176 g/mol. The maximum Gasteiger partial charge on any atom is 0.234 e. The maximum absolute atomic E-state index is 11.4. The summed E-state index contributed by atoms with van der Waals surface area (Å²) in [6, 6.07) is 0.351. The largest absolute Gasteiger partial charge is 0.352 e. The normalized spacial score (nSPS) is 19.6. The summed E-state index contributed by atoms with van der Waals surface area (Å²) in [5.41, 5.74) is 0. The van der Waals surface area contributed by atoms with E-state index in [2.05, 4.69) is 17.6 Å². The summed E-state index contributed by atoms with van der Waals surface area (Å²) in [6.07, 6.45) is 5.22. The van der Waals surface area contributed by atoms with E-state index in [0.29, 0.717) is 18.5 Å². The van der Waals surface area contributed by atoms with Crippen LogP contribution in [-0.4, -0.2) is 25.0 Å². The molecule has 1 amide bonds. The van der Waals surface area contributed by atoms with Gasteiger partial charge in [-0.15, -0.1) is 0 Å². The summed E-state index contributed by atoms with van der Waals surface area (Å²) in [6.45, 7) is 5.44. The molecule has 0 heterocycles. The van der Waals surface area contributed by atoms with Crippen LogP contribution in [0, 0.1) is 5.92 Å². The molecule has 1 aliphatic carbocycles. The molecule has 2 N–H and O–H groups in total. The van der Waals surface area contributed by atoms with Gasteiger partial charge in [-0.2, -0.15) is 0 Å². The number of hydrogen-bond acceptors (Lipinski definition) is 2. The number of likely N-dealkylation sites (N-methyl/N-ethyl adjacent to an activating group) is 1. The highest BCUT2D eigenvalue weighted by Crippen LogP contribution is 2.27. The van der Waals surface area contributed by atoms with E-state index in [1.54, 1.807) is 0 Å². The summed E-state index contributed by atoms with van der Waals surface area (Å²) < 4.78 is 0. The van der Waals surface area contributed by atoms with Gasteiger partial charge in [-0.3, -0.25) is 4.79 Å². The summed E-state index contributed by atoms with van der Waals surface area (Å²) in [5.74, 6) is 0.840. The fourth-order valence-electron chi connectivity index (χ4n) is 2.12. The van der Waals surface area contributed by atoms with E-state index in [1.807, 2.05) is 6.92 Å². The number of amides is 1. The predicted octanol–water partition coefficient (Wildman–Crippen LogP) is 1.29. The molecule has 3 nitrogen and oxygen atoms in total. The molecule has 0 aromatic heterocycles. The third kappa shape index (κ3) is 3.66. The molecule has 1 rings (SSSR count). The van der Waals surface area contributed by atoms with Gasteiger partial charge in [0.15, 0.2) is 0 Å². The molecule has 0 radical (unpaired) electrons. The second-order valence-electron chi connectivity index (χ2n) is 4.18. The molecule has 82 valence electrons. The molecule has 0 saturated heterocycles. The van der Waals surface area contributed by atoms with E-state index < -0.39 is 0 Å². The summed E-state index contributed by atoms with van der Waals surface area (Å²) in [5, 5.41) is 6.09. The fraction of sp³-hybridized carbons (Fsp3) is 0.909. The molecule has 0 spiro atoms. The molecule has 3 heteroatoms. The molecule has 0 aromatic rings. The Morgan fingerprint density at radius 3 is 2.64 bits per heavy atom. The molecule has 1 atom stereocenters. The van der Waals surface area contributed by atoms with Crippen molar-refractivity contribution in [2.45, 2.75) is 45.6 Å². The SMILES string of the molecule is CCNCC(=O)N[C@@H](C)C1CCCC1. The monoisotopic (exact) mass is 198 g/mol. The zero-order valence-corrected chi connectivity index (χ0v) is 9.31. The smallest absolute Gasteiger partial charge is 0.234 e. The zero-order valence-electron chi connectivity index (χ0n) is 9.31. The van der Waals surface area contributed by atoms with Gasteiger partial charge < -0.3 is 10.6 Å². The van der Waals surface area contributed by atoms with E-state index in [0.717, 1.165) is 6.54 Å². The lowest BCUT2D eigenvalue weighted by molar-refractivity contribution is -0.121. The van der Waals surface area contributed by atoms with E-state index in [9.17, 15) is 4.79 Å². The van der Waals surface area contributed by atoms with Crippen molar-refractivity contribution in [3.63, 3.8) is 0 Å². The van der Waals surface area contributed by atoms with Crippen LogP contribution in [0.2, 0.25) is 0 Å². The van der Waals surface area contributed by atoms with Crippen LogP contribution in [0.4, 0.5) is 0 Å². The Hall–Kier alpha value is -0.570. The fourth-order valence-corrected chi connectivity index (χ4v) is 2.12. The molecule has 1 fully saturated rings. The highest BCUT2D eigenvalue weighted by Gasteiger charge is 2.22. The number of carbonyl (C=O) groups excluding carboxylic acids is 1. The summed E-state index contributed by atoms with van der Waals surface area (Å²) in [7, 11) is 0. The minimum Gasteiger partial charge on any atom is -0.352 e. The van der Waals surface area contributed by atoms with Crippen LogP contribution in [0.3, 0.4) is 0 Å². The molecule has 0 unspecified atom stereocenters. The molecule has 1 saturated carbocycles. The van der Waals surface area contributed by atoms with Crippen molar-refractivity contribution in [1.29, 1.82) is 0 Å². The van der Waals surface area contributed by atoms with E-state index >= 15 is 0 Å². The molecule has 0 aromatic carbocycles. The number of rotatable bonds is 5. The van der Waals surface area contributed by atoms with E-state index in [1.165, 1.54) is 25.7 Å². The van der Waals surface area contributed by atoms with Crippen molar-refractivity contribution in [2.75, 3.05) is 13.1 Å². The van der Waals surface area contributed by atoms with Crippen molar-refractivity contribution in [3.05, 3.63) is 0 Å². The van der Waals surface area contributed by atoms with Gasteiger partial charge in [0.1, 0.15) is 0 Å². The molecule has 0 aliphatic heterocycles. The average molecular weight is 198 g/mol. The van der Waals surface area contributed by atoms with E-state index in [-0.39, 0.29) is 5.91 Å². The van der Waals surface area contributed by atoms with Crippen LogP contribution in [0.25, 0.3) is 0 Å². The lowest BCUT2D eigenvalue weighted by atomic mass is 10.00. The first-order valence-corrected chi connectivity index (χ1v) is 5.74. The van der Waals surface area contributed by atoms with Crippen molar-refractivity contribution >= 4 is 5.91 Å². The highest BCUT2D eigenvalue weighted by molar-refractivity contribution is 5.78. The Balaban J connectivity index is 2.18. The highest BCUT2D eigenvalue weighted by atomic mass is 16.1.